The molecular weight excluding hydrogens is 368 g/mol. The van der Waals surface area contributed by atoms with Gasteiger partial charge in [0.05, 0.1) is 23.9 Å². The van der Waals surface area contributed by atoms with Crippen LogP contribution in [0.1, 0.15) is 21.6 Å². The average molecular weight is 389 g/mol. The molecule has 0 atom stereocenters. The molecule has 2 aromatic rings. The molecule has 1 aromatic carbocycles. The zero-order valence-corrected chi connectivity index (χ0v) is 15.8. The Morgan fingerprint density at radius 1 is 1.22 bits per heavy atom. The Hall–Kier alpha value is -2.64. The lowest BCUT2D eigenvalue weighted by atomic mass is 10.1. The zero-order chi connectivity index (χ0) is 19.2. The fourth-order valence-corrected chi connectivity index (χ4v) is 2.93. The highest BCUT2D eigenvalue weighted by Crippen LogP contribution is 2.24. The van der Waals surface area contributed by atoms with Crippen LogP contribution in [-0.4, -0.2) is 48.1 Å². The maximum absolute atomic E-state index is 12.6. The number of urea groups is 1. The molecule has 0 spiro atoms. The van der Waals surface area contributed by atoms with Crippen LogP contribution in [0.25, 0.3) is 0 Å². The fraction of sp³-hybridized carbons (Fsp3) is 0.316. The molecular formula is C19H21ClN4O3. The van der Waals surface area contributed by atoms with Crippen molar-refractivity contribution in [3.8, 4) is 0 Å². The predicted octanol–water partition coefficient (Wildman–Crippen LogP) is 2.84. The molecule has 2 heterocycles. The van der Waals surface area contributed by atoms with E-state index in [-0.39, 0.29) is 5.91 Å². The van der Waals surface area contributed by atoms with Crippen LogP contribution < -0.4 is 10.6 Å². The van der Waals surface area contributed by atoms with Gasteiger partial charge in [-0.25, -0.2) is 4.79 Å². The molecule has 27 heavy (non-hydrogen) atoms. The quantitative estimate of drug-likeness (QED) is 0.843. The number of benzene rings is 1. The molecule has 3 amide bonds. The first-order valence-electron chi connectivity index (χ1n) is 8.66. The Bertz CT molecular complexity index is 837. The minimum Gasteiger partial charge on any atom is -0.378 e. The lowest BCUT2D eigenvalue weighted by molar-refractivity contribution is 0.0303. The molecule has 1 aliphatic heterocycles. The number of hydrogen-bond acceptors (Lipinski definition) is 4. The molecule has 1 aromatic heterocycles. The van der Waals surface area contributed by atoms with E-state index >= 15 is 0 Å². The number of pyridine rings is 1. The van der Waals surface area contributed by atoms with Crippen molar-refractivity contribution in [1.82, 2.24) is 15.2 Å². The lowest BCUT2D eigenvalue weighted by Gasteiger charge is -2.27. The highest BCUT2D eigenvalue weighted by Gasteiger charge is 2.19. The fourth-order valence-electron chi connectivity index (χ4n) is 2.77. The van der Waals surface area contributed by atoms with Gasteiger partial charge in [-0.15, -0.1) is 0 Å². The lowest BCUT2D eigenvalue weighted by Crippen LogP contribution is -2.40. The van der Waals surface area contributed by atoms with Gasteiger partial charge in [-0.05, 0) is 42.8 Å². The molecule has 142 valence electrons. The number of aromatic nitrogens is 1. The first kappa shape index (κ1) is 19.1. The van der Waals surface area contributed by atoms with Crippen LogP contribution in [-0.2, 0) is 11.3 Å². The maximum atomic E-state index is 12.6. The smallest absolute Gasteiger partial charge is 0.319 e. The molecule has 0 unspecified atom stereocenters. The Kier molecular flexibility index (Phi) is 6.26. The van der Waals surface area contributed by atoms with Gasteiger partial charge >= 0.3 is 6.03 Å². The number of ether oxygens (including phenoxy) is 1. The zero-order valence-electron chi connectivity index (χ0n) is 15.0. The van der Waals surface area contributed by atoms with E-state index in [9.17, 15) is 9.59 Å². The van der Waals surface area contributed by atoms with Crippen molar-refractivity contribution in [2.75, 3.05) is 31.6 Å². The molecule has 0 saturated carbocycles. The first-order valence-corrected chi connectivity index (χ1v) is 9.03. The number of carbonyl (C=O) groups excluding carboxylic acids is 2. The third kappa shape index (κ3) is 5.18. The summed E-state index contributed by atoms with van der Waals surface area (Å²) in [5.74, 6) is -0.106. The van der Waals surface area contributed by atoms with E-state index in [2.05, 4.69) is 15.6 Å². The van der Waals surface area contributed by atoms with Crippen molar-refractivity contribution in [3.05, 3.63) is 58.4 Å². The van der Waals surface area contributed by atoms with E-state index in [1.54, 1.807) is 29.3 Å². The van der Waals surface area contributed by atoms with Gasteiger partial charge in [-0.2, -0.15) is 0 Å². The van der Waals surface area contributed by atoms with Gasteiger partial charge in [-0.1, -0.05) is 11.6 Å². The molecule has 1 fully saturated rings. The summed E-state index contributed by atoms with van der Waals surface area (Å²) in [4.78, 5) is 30.6. The average Bonchev–Trinajstić information content (AvgIpc) is 2.68. The van der Waals surface area contributed by atoms with Crippen LogP contribution in [0.2, 0.25) is 5.02 Å². The molecule has 2 N–H and O–H groups in total. The first-order chi connectivity index (χ1) is 13.0. The number of nitrogens with one attached hydrogen (secondary N) is 2. The second-order valence-corrected chi connectivity index (χ2v) is 6.62. The summed E-state index contributed by atoms with van der Waals surface area (Å²) in [5, 5.41) is 5.83. The molecule has 1 aliphatic rings. The number of anilines is 1. The van der Waals surface area contributed by atoms with Crippen molar-refractivity contribution < 1.29 is 14.3 Å². The monoisotopic (exact) mass is 388 g/mol. The molecule has 8 heteroatoms. The summed E-state index contributed by atoms with van der Waals surface area (Å²) in [6.45, 7) is 4.41. The molecule has 0 bridgehead atoms. The van der Waals surface area contributed by atoms with Crippen LogP contribution in [0, 0.1) is 6.92 Å². The number of nitrogens with zero attached hydrogens (tertiary/aromatic N) is 2. The minimum atomic E-state index is -0.401. The van der Waals surface area contributed by atoms with Gasteiger partial charge in [0.25, 0.3) is 5.91 Å². The van der Waals surface area contributed by atoms with Crippen LogP contribution in [0.4, 0.5) is 10.5 Å². The summed E-state index contributed by atoms with van der Waals surface area (Å²) in [6, 6.07) is 8.19. The van der Waals surface area contributed by atoms with E-state index in [4.69, 9.17) is 16.3 Å². The van der Waals surface area contributed by atoms with Gasteiger partial charge in [0, 0.05) is 37.1 Å². The highest BCUT2D eigenvalue weighted by molar-refractivity contribution is 6.33. The van der Waals surface area contributed by atoms with Gasteiger partial charge in [0.1, 0.15) is 0 Å². The largest absolute Gasteiger partial charge is 0.378 e. The Morgan fingerprint density at radius 2 is 2.00 bits per heavy atom. The van der Waals surface area contributed by atoms with Crippen molar-refractivity contribution in [2.24, 2.45) is 0 Å². The second kappa shape index (κ2) is 8.83. The van der Waals surface area contributed by atoms with Crippen LogP contribution in [0.3, 0.4) is 0 Å². The number of hydrogen-bond donors (Lipinski definition) is 2. The van der Waals surface area contributed by atoms with Crippen molar-refractivity contribution in [1.29, 1.82) is 0 Å². The van der Waals surface area contributed by atoms with Crippen LogP contribution >= 0.6 is 11.6 Å². The Balaban J connectivity index is 1.63. The Morgan fingerprint density at radius 3 is 2.74 bits per heavy atom. The topological polar surface area (TPSA) is 83.6 Å². The summed E-state index contributed by atoms with van der Waals surface area (Å²) >= 11 is 6.17. The van der Waals surface area contributed by atoms with E-state index in [0.29, 0.717) is 49.1 Å². The number of rotatable bonds is 4. The van der Waals surface area contributed by atoms with Crippen LogP contribution in [0.15, 0.2) is 36.5 Å². The third-order valence-corrected chi connectivity index (χ3v) is 4.50. The van der Waals surface area contributed by atoms with Crippen molar-refractivity contribution in [3.63, 3.8) is 0 Å². The van der Waals surface area contributed by atoms with Crippen molar-refractivity contribution in [2.45, 2.75) is 13.5 Å². The van der Waals surface area contributed by atoms with Crippen LogP contribution in [0.5, 0.6) is 0 Å². The normalized spacial score (nSPS) is 13.9. The van der Waals surface area contributed by atoms with Gasteiger partial charge in [-0.3, -0.25) is 9.78 Å². The number of halogens is 1. The SMILES string of the molecule is Cc1cc(CNC(=O)Nc2cc(C(=O)N3CCOCC3)ccc2Cl)ccn1. The predicted molar refractivity (Wildman–Crippen MR) is 103 cm³/mol. The van der Waals surface area contributed by atoms with E-state index in [1.165, 1.54) is 0 Å². The number of aryl methyl sites for hydroxylation is 1. The Labute approximate surface area is 162 Å². The minimum absolute atomic E-state index is 0.106. The van der Waals surface area contributed by atoms with Crippen molar-refractivity contribution >= 4 is 29.2 Å². The molecule has 7 nitrogen and oxygen atoms in total. The van der Waals surface area contributed by atoms with E-state index in [1.807, 2.05) is 19.1 Å². The van der Waals surface area contributed by atoms with E-state index < -0.39 is 6.03 Å². The summed E-state index contributed by atoms with van der Waals surface area (Å²) in [5.41, 5.74) is 2.69. The number of amides is 3. The van der Waals surface area contributed by atoms with Gasteiger partial charge < -0.3 is 20.3 Å². The third-order valence-electron chi connectivity index (χ3n) is 4.17. The maximum Gasteiger partial charge on any atom is 0.319 e. The number of morpholine rings is 1. The number of carbonyl (C=O) groups is 2. The second-order valence-electron chi connectivity index (χ2n) is 6.21. The van der Waals surface area contributed by atoms with E-state index in [0.717, 1.165) is 11.3 Å². The standard InChI is InChI=1S/C19H21ClN4O3/c1-13-10-14(4-5-21-13)12-22-19(26)23-17-11-15(2-3-16(17)20)18(25)24-6-8-27-9-7-24/h2-5,10-11H,6-9,12H2,1H3,(H2,22,23,26). The molecule has 3 rings (SSSR count). The summed E-state index contributed by atoms with van der Waals surface area (Å²) in [6.07, 6.45) is 1.70. The molecule has 1 saturated heterocycles. The molecule has 0 aliphatic carbocycles. The summed E-state index contributed by atoms with van der Waals surface area (Å²) in [7, 11) is 0. The molecule has 0 radical (unpaired) electrons. The summed E-state index contributed by atoms with van der Waals surface area (Å²) < 4.78 is 5.27. The van der Waals surface area contributed by atoms with Gasteiger partial charge in [0.15, 0.2) is 0 Å². The van der Waals surface area contributed by atoms with Gasteiger partial charge in [0.2, 0.25) is 0 Å². The highest BCUT2D eigenvalue weighted by atomic mass is 35.5.